The smallest absolute Gasteiger partial charge is 0.0661 e. The zero-order valence-electron chi connectivity index (χ0n) is 8.89. The summed E-state index contributed by atoms with van der Waals surface area (Å²) in [5.41, 5.74) is 1.44. The summed E-state index contributed by atoms with van der Waals surface area (Å²) in [5, 5.41) is 8.19. The van der Waals surface area contributed by atoms with Crippen LogP contribution in [-0.2, 0) is 0 Å². The van der Waals surface area contributed by atoms with Crippen LogP contribution >= 0.6 is 15.9 Å². The minimum Gasteiger partial charge on any atom is -0.304 e. The molecule has 0 aliphatic rings. The Morgan fingerprint density at radius 3 is 2.23 bits per heavy atom. The fourth-order valence-corrected chi connectivity index (χ4v) is 1.71. The van der Waals surface area contributed by atoms with E-state index in [1.807, 2.05) is 0 Å². The van der Waals surface area contributed by atoms with Crippen LogP contribution in [0.25, 0.3) is 0 Å². The number of aliphatic imine (C=N–C) groups is 1. The van der Waals surface area contributed by atoms with Crippen molar-refractivity contribution in [3.05, 3.63) is 0 Å². The number of hydrogen-bond donors (Lipinski definition) is 1. The van der Waals surface area contributed by atoms with Crippen LogP contribution in [0.15, 0.2) is 4.99 Å². The summed E-state index contributed by atoms with van der Waals surface area (Å²) in [7, 11) is 0. The summed E-state index contributed by atoms with van der Waals surface area (Å²) in [6.07, 6.45) is 1.04. The van der Waals surface area contributed by atoms with Crippen LogP contribution in [0.5, 0.6) is 0 Å². The monoisotopic (exact) mass is 246 g/mol. The molecule has 0 bridgehead atoms. The van der Waals surface area contributed by atoms with E-state index in [2.05, 4.69) is 41.7 Å². The van der Waals surface area contributed by atoms with Crippen LogP contribution in [0, 0.1) is 11.3 Å². The first-order valence-electron chi connectivity index (χ1n) is 4.71. The molecule has 76 valence electrons. The average Bonchev–Trinajstić information content (AvgIpc) is 2.05. The van der Waals surface area contributed by atoms with Gasteiger partial charge in [0.1, 0.15) is 0 Å². The lowest BCUT2D eigenvalue weighted by atomic mass is 10.0. The molecule has 0 heterocycles. The summed E-state index contributed by atoms with van der Waals surface area (Å²) in [4.78, 5) is 4.56. The maximum absolute atomic E-state index is 7.50. The molecule has 1 atom stereocenters. The lowest BCUT2D eigenvalue weighted by Gasteiger charge is -2.15. The highest BCUT2D eigenvalue weighted by Crippen LogP contribution is 2.11. The Morgan fingerprint density at radius 1 is 1.46 bits per heavy atom. The number of alkyl halides is 1. The van der Waals surface area contributed by atoms with Crippen molar-refractivity contribution in [1.29, 1.82) is 5.41 Å². The highest BCUT2D eigenvalue weighted by atomic mass is 79.9. The second-order valence-electron chi connectivity index (χ2n) is 3.55. The molecule has 1 N–H and O–H groups in total. The lowest BCUT2D eigenvalue weighted by molar-refractivity contribution is 0.484. The van der Waals surface area contributed by atoms with Crippen LogP contribution in [0.1, 0.15) is 34.1 Å². The molecule has 0 amide bonds. The van der Waals surface area contributed by atoms with Crippen molar-refractivity contribution in [2.75, 3.05) is 5.33 Å². The molecule has 0 aliphatic heterocycles. The van der Waals surface area contributed by atoms with Gasteiger partial charge in [0.15, 0.2) is 0 Å². The Kier molecular flexibility index (Phi) is 6.21. The van der Waals surface area contributed by atoms with Crippen LogP contribution in [0.4, 0.5) is 0 Å². The molecule has 3 heteroatoms. The molecule has 0 radical (unpaired) electrons. The van der Waals surface area contributed by atoms with Crippen LogP contribution < -0.4 is 0 Å². The Bertz CT molecular complexity index is 197. The van der Waals surface area contributed by atoms with Gasteiger partial charge in [-0.2, -0.15) is 0 Å². The van der Waals surface area contributed by atoms with Gasteiger partial charge in [-0.15, -0.1) is 0 Å². The molecule has 13 heavy (non-hydrogen) atoms. The maximum Gasteiger partial charge on any atom is 0.0661 e. The summed E-state index contributed by atoms with van der Waals surface area (Å²) < 4.78 is 0. The summed E-state index contributed by atoms with van der Waals surface area (Å²) >= 11 is 3.35. The van der Waals surface area contributed by atoms with Crippen LogP contribution in [-0.4, -0.2) is 22.8 Å². The van der Waals surface area contributed by atoms with Gasteiger partial charge in [0, 0.05) is 5.33 Å². The molecular formula is C10H19BrN2. The van der Waals surface area contributed by atoms with Gasteiger partial charge in [-0.1, -0.05) is 36.7 Å². The second kappa shape index (κ2) is 6.30. The third kappa shape index (κ3) is 4.55. The van der Waals surface area contributed by atoms with E-state index in [1.54, 1.807) is 6.92 Å². The average molecular weight is 247 g/mol. The zero-order valence-corrected chi connectivity index (χ0v) is 10.5. The fraction of sp³-hybridized carbons (Fsp3) is 0.800. The molecule has 0 saturated heterocycles. The maximum atomic E-state index is 7.50. The third-order valence-electron chi connectivity index (χ3n) is 2.07. The van der Waals surface area contributed by atoms with Crippen molar-refractivity contribution in [3.8, 4) is 0 Å². The highest BCUT2D eigenvalue weighted by molar-refractivity contribution is 9.09. The molecule has 2 nitrogen and oxygen atoms in total. The van der Waals surface area contributed by atoms with Gasteiger partial charge in [-0.05, 0) is 19.3 Å². The molecule has 0 saturated carbocycles. The molecular weight excluding hydrogens is 228 g/mol. The molecule has 0 spiro atoms. The van der Waals surface area contributed by atoms with Crippen molar-refractivity contribution in [1.82, 2.24) is 0 Å². The van der Waals surface area contributed by atoms with Crippen LogP contribution in [0.2, 0.25) is 0 Å². The Labute approximate surface area is 89.5 Å². The number of nitrogens with one attached hydrogen (secondary N) is 1. The van der Waals surface area contributed by atoms with Gasteiger partial charge >= 0.3 is 0 Å². The minimum absolute atomic E-state index is 0.354. The first kappa shape index (κ1) is 12.8. The van der Waals surface area contributed by atoms with Gasteiger partial charge in [-0.3, -0.25) is 4.99 Å². The fourth-order valence-electron chi connectivity index (χ4n) is 1.14. The molecule has 0 rings (SSSR count). The van der Waals surface area contributed by atoms with E-state index in [4.69, 9.17) is 5.41 Å². The standard InChI is InChI=1S/C10H19BrN2/c1-5-9(7(2)3)13-10(6-11)8(4)12/h7,9,12H,5-6H2,1-4H3. The van der Waals surface area contributed by atoms with Gasteiger partial charge in [-0.25, -0.2) is 0 Å². The largest absolute Gasteiger partial charge is 0.304 e. The van der Waals surface area contributed by atoms with E-state index in [-0.39, 0.29) is 0 Å². The number of rotatable bonds is 5. The van der Waals surface area contributed by atoms with E-state index < -0.39 is 0 Å². The summed E-state index contributed by atoms with van der Waals surface area (Å²) in [6, 6.07) is 0.354. The van der Waals surface area contributed by atoms with Crippen molar-refractivity contribution < 1.29 is 0 Å². The first-order chi connectivity index (χ1) is 6.02. The topological polar surface area (TPSA) is 36.2 Å². The Hall–Kier alpha value is -0.180. The molecule has 0 aliphatic carbocycles. The molecule has 0 aromatic rings. The number of halogens is 1. The Morgan fingerprint density at radius 2 is 2.00 bits per heavy atom. The number of nitrogens with zero attached hydrogens (tertiary/aromatic N) is 1. The van der Waals surface area contributed by atoms with Crippen molar-refractivity contribution in [2.24, 2.45) is 10.9 Å². The Balaban J connectivity index is 4.54. The highest BCUT2D eigenvalue weighted by Gasteiger charge is 2.11. The van der Waals surface area contributed by atoms with Gasteiger partial charge in [0.2, 0.25) is 0 Å². The van der Waals surface area contributed by atoms with Crippen molar-refractivity contribution in [3.63, 3.8) is 0 Å². The van der Waals surface area contributed by atoms with Crippen molar-refractivity contribution >= 4 is 27.4 Å². The first-order valence-corrected chi connectivity index (χ1v) is 5.83. The summed E-state index contributed by atoms with van der Waals surface area (Å²) in [6.45, 7) is 8.26. The van der Waals surface area contributed by atoms with E-state index in [1.165, 1.54) is 0 Å². The van der Waals surface area contributed by atoms with E-state index in [9.17, 15) is 0 Å². The quantitative estimate of drug-likeness (QED) is 0.571. The molecule has 0 aromatic carbocycles. The normalized spacial score (nSPS) is 14.8. The predicted molar refractivity (Wildman–Crippen MR) is 63.5 cm³/mol. The third-order valence-corrected chi connectivity index (χ3v) is 2.60. The van der Waals surface area contributed by atoms with Crippen LogP contribution in [0.3, 0.4) is 0 Å². The summed E-state index contributed by atoms with van der Waals surface area (Å²) in [5.74, 6) is 0.554. The van der Waals surface area contributed by atoms with Gasteiger partial charge in [0.25, 0.3) is 0 Å². The number of hydrogen-bond acceptors (Lipinski definition) is 2. The lowest BCUT2D eigenvalue weighted by Crippen LogP contribution is -2.19. The molecule has 0 fully saturated rings. The van der Waals surface area contributed by atoms with E-state index >= 15 is 0 Å². The second-order valence-corrected chi connectivity index (χ2v) is 4.11. The molecule has 0 aromatic heterocycles. The van der Waals surface area contributed by atoms with E-state index in [0.29, 0.717) is 23.0 Å². The van der Waals surface area contributed by atoms with Crippen molar-refractivity contribution in [2.45, 2.75) is 40.2 Å². The predicted octanol–water partition coefficient (Wildman–Crippen LogP) is 3.30. The minimum atomic E-state index is 0.354. The molecule has 1 unspecified atom stereocenters. The zero-order chi connectivity index (χ0) is 10.4. The SMILES string of the molecule is CCC(N=C(CBr)C(C)=N)C(C)C. The van der Waals surface area contributed by atoms with Gasteiger partial charge in [0.05, 0.1) is 17.5 Å². The van der Waals surface area contributed by atoms with E-state index in [0.717, 1.165) is 12.1 Å². The van der Waals surface area contributed by atoms with Gasteiger partial charge < -0.3 is 5.41 Å².